The minimum atomic E-state index is -3.13. The van der Waals surface area contributed by atoms with E-state index in [9.17, 15) is 8.42 Å². The van der Waals surface area contributed by atoms with Crippen LogP contribution in [0.15, 0.2) is 18.3 Å². The normalized spacial score (nSPS) is 18.1. The van der Waals surface area contributed by atoms with E-state index >= 15 is 0 Å². The molecule has 2 heterocycles. The number of anilines is 1. The molecule has 0 saturated carbocycles. The number of fused-ring (bicyclic) bond motifs is 1. The van der Waals surface area contributed by atoms with E-state index in [2.05, 4.69) is 15.1 Å². The number of sulfonamides is 1. The van der Waals surface area contributed by atoms with E-state index in [1.807, 2.05) is 12.1 Å². The zero-order chi connectivity index (χ0) is 15.0. The molecule has 0 atom stereocenters. The Labute approximate surface area is 128 Å². The number of H-pyrrole nitrogens is 1. The lowest BCUT2D eigenvalue weighted by Crippen LogP contribution is -2.34. The maximum absolute atomic E-state index is 11.7. The Kier molecular flexibility index (Phi) is 3.81. The topological polar surface area (TPSA) is 69.3 Å². The summed E-state index contributed by atoms with van der Waals surface area (Å²) in [6.45, 7) is 2.50. The number of nitrogens with zero attached hydrogens (tertiary/aromatic N) is 3. The molecule has 1 fully saturated rings. The molecule has 0 spiro atoms. The zero-order valence-electron chi connectivity index (χ0n) is 11.7. The van der Waals surface area contributed by atoms with Gasteiger partial charge in [-0.3, -0.25) is 5.10 Å². The fourth-order valence-electron chi connectivity index (χ4n) is 2.73. The molecule has 0 aliphatic carbocycles. The lowest BCUT2D eigenvalue weighted by atomic mass is 10.2. The highest BCUT2D eigenvalue weighted by Crippen LogP contribution is 2.30. The third-order valence-electron chi connectivity index (χ3n) is 3.77. The van der Waals surface area contributed by atoms with Crippen molar-refractivity contribution < 1.29 is 8.42 Å². The molecule has 1 saturated heterocycles. The highest BCUT2D eigenvalue weighted by atomic mass is 35.5. The van der Waals surface area contributed by atoms with Crippen LogP contribution in [0.1, 0.15) is 6.42 Å². The molecule has 2 aromatic rings. The van der Waals surface area contributed by atoms with Gasteiger partial charge in [-0.2, -0.15) is 5.10 Å². The Hall–Kier alpha value is -1.31. The van der Waals surface area contributed by atoms with E-state index in [0.29, 0.717) is 24.7 Å². The molecule has 0 unspecified atom stereocenters. The molecule has 0 amide bonds. The van der Waals surface area contributed by atoms with Gasteiger partial charge in [0.1, 0.15) is 0 Å². The Bertz CT molecular complexity index is 759. The van der Waals surface area contributed by atoms with Crippen LogP contribution in [-0.4, -0.2) is 55.4 Å². The van der Waals surface area contributed by atoms with Crippen LogP contribution in [0.4, 0.5) is 5.69 Å². The number of aromatic nitrogens is 2. The minimum Gasteiger partial charge on any atom is -0.370 e. The summed E-state index contributed by atoms with van der Waals surface area (Å²) in [6.07, 6.45) is 3.83. The first-order valence-corrected chi connectivity index (χ1v) is 9.00. The van der Waals surface area contributed by atoms with Crippen LogP contribution in [0.25, 0.3) is 10.9 Å². The smallest absolute Gasteiger partial charge is 0.211 e. The summed E-state index contributed by atoms with van der Waals surface area (Å²) >= 11 is 6.16. The van der Waals surface area contributed by atoms with Crippen LogP contribution in [0, 0.1) is 0 Å². The Morgan fingerprint density at radius 3 is 2.81 bits per heavy atom. The van der Waals surface area contributed by atoms with Crippen molar-refractivity contribution >= 4 is 38.2 Å². The zero-order valence-corrected chi connectivity index (χ0v) is 13.3. The molecule has 21 heavy (non-hydrogen) atoms. The van der Waals surface area contributed by atoms with Crippen molar-refractivity contribution in [3.8, 4) is 0 Å². The van der Waals surface area contributed by atoms with Crippen LogP contribution >= 0.6 is 11.6 Å². The average molecular weight is 329 g/mol. The van der Waals surface area contributed by atoms with Gasteiger partial charge in [-0.1, -0.05) is 11.6 Å². The van der Waals surface area contributed by atoms with Crippen LogP contribution in [0.3, 0.4) is 0 Å². The Balaban J connectivity index is 1.91. The minimum absolute atomic E-state index is 0.491. The number of hydrogen-bond acceptors (Lipinski definition) is 4. The number of nitrogens with one attached hydrogen (secondary N) is 1. The van der Waals surface area contributed by atoms with Crippen molar-refractivity contribution in [3.63, 3.8) is 0 Å². The maximum Gasteiger partial charge on any atom is 0.211 e. The largest absolute Gasteiger partial charge is 0.370 e. The molecule has 1 aliphatic rings. The molecule has 1 aliphatic heterocycles. The first-order chi connectivity index (χ1) is 9.95. The molecule has 0 bridgehead atoms. The summed E-state index contributed by atoms with van der Waals surface area (Å²) in [5.41, 5.74) is 1.89. The second-order valence-electron chi connectivity index (χ2n) is 5.26. The van der Waals surface area contributed by atoms with E-state index in [0.717, 1.165) is 29.6 Å². The van der Waals surface area contributed by atoms with Gasteiger partial charge in [0.2, 0.25) is 10.0 Å². The van der Waals surface area contributed by atoms with Crippen LogP contribution in [0.2, 0.25) is 5.02 Å². The highest BCUT2D eigenvalue weighted by Gasteiger charge is 2.22. The average Bonchev–Trinajstić information content (AvgIpc) is 2.71. The van der Waals surface area contributed by atoms with Gasteiger partial charge in [-0.05, 0) is 18.6 Å². The SMILES string of the molecule is CS(=O)(=O)N1CCCN(c2cc(Cl)cc3[nH]ncc23)CC1. The molecule has 0 radical (unpaired) electrons. The van der Waals surface area contributed by atoms with Gasteiger partial charge in [0.05, 0.1) is 18.0 Å². The van der Waals surface area contributed by atoms with Crippen LogP contribution in [-0.2, 0) is 10.0 Å². The molecular weight excluding hydrogens is 312 g/mol. The monoisotopic (exact) mass is 328 g/mol. The molecule has 1 aromatic carbocycles. The lowest BCUT2D eigenvalue weighted by molar-refractivity contribution is 0.437. The molecule has 114 valence electrons. The predicted molar refractivity (Wildman–Crippen MR) is 84.4 cm³/mol. The van der Waals surface area contributed by atoms with Gasteiger partial charge in [0.25, 0.3) is 0 Å². The summed E-state index contributed by atoms with van der Waals surface area (Å²) in [7, 11) is -3.13. The first-order valence-electron chi connectivity index (χ1n) is 6.78. The second kappa shape index (κ2) is 5.47. The fourth-order valence-corrected chi connectivity index (χ4v) is 3.81. The number of halogens is 1. The van der Waals surface area contributed by atoms with Gasteiger partial charge in [-0.15, -0.1) is 0 Å². The summed E-state index contributed by atoms with van der Waals surface area (Å²) in [4.78, 5) is 2.18. The van der Waals surface area contributed by atoms with E-state index < -0.39 is 10.0 Å². The molecule has 6 nitrogen and oxygen atoms in total. The second-order valence-corrected chi connectivity index (χ2v) is 7.68. The van der Waals surface area contributed by atoms with Gasteiger partial charge in [0.15, 0.2) is 0 Å². The predicted octanol–water partition coefficient (Wildman–Crippen LogP) is 1.69. The highest BCUT2D eigenvalue weighted by molar-refractivity contribution is 7.88. The summed E-state index contributed by atoms with van der Waals surface area (Å²) in [5, 5.41) is 8.63. The van der Waals surface area contributed by atoms with Crippen molar-refractivity contribution in [1.29, 1.82) is 0 Å². The molecule has 1 N–H and O–H groups in total. The molecular formula is C13H17ClN4O2S. The van der Waals surface area contributed by atoms with Crippen molar-refractivity contribution in [1.82, 2.24) is 14.5 Å². The number of rotatable bonds is 2. The third kappa shape index (κ3) is 3.00. The quantitative estimate of drug-likeness (QED) is 0.910. The Morgan fingerprint density at radius 2 is 2.05 bits per heavy atom. The van der Waals surface area contributed by atoms with Crippen molar-refractivity contribution in [2.45, 2.75) is 6.42 Å². The van der Waals surface area contributed by atoms with E-state index in [-0.39, 0.29) is 0 Å². The first kappa shape index (κ1) is 14.6. The van der Waals surface area contributed by atoms with Crippen molar-refractivity contribution in [3.05, 3.63) is 23.4 Å². The summed E-state index contributed by atoms with van der Waals surface area (Å²) in [6, 6.07) is 3.75. The van der Waals surface area contributed by atoms with Gasteiger partial charge < -0.3 is 4.90 Å². The number of benzene rings is 1. The van der Waals surface area contributed by atoms with E-state index in [1.54, 1.807) is 6.20 Å². The Morgan fingerprint density at radius 1 is 1.24 bits per heavy atom. The number of hydrogen-bond donors (Lipinski definition) is 1. The van der Waals surface area contributed by atoms with Gasteiger partial charge in [0, 0.05) is 42.3 Å². The summed E-state index contributed by atoms with van der Waals surface area (Å²) in [5.74, 6) is 0. The maximum atomic E-state index is 11.7. The van der Waals surface area contributed by atoms with E-state index in [1.165, 1.54) is 10.6 Å². The molecule has 1 aromatic heterocycles. The summed E-state index contributed by atoms with van der Waals surface area (Å²) < 4.78 is 24.9. The molecule has 8 heteroatoms. The van der Waals surface area contributed by atoms with Crippen molar-refractivity contribution in [2.24, 2.45) is 0 Å². The van der Waals surface area contributed by atoms with Gasteiger partial charge in [-0.25, -0.2) is 12.7 Å². The van der Waals surface area contributed by atoms with Gasteiger partial charge >= 0.3 is 0 Å². The third-order valence-corrected chi connectivity index (χ3v) is 5.29. The molecule has 3 rings (SSSR count). The van der Waals surface area contributed by atoms with Crippen LogP contribution in [0.5, 0.6) is 0 Å². The standard InChI is InChI=1S/C13H17ClN4O2S/c1-21(19,20)18-4-2-3-17(5-6-18)13-8-10(14)7-12-11(13)9-15-16-12/h7-9H,2-6H2,1H3,(H,15,16). The lowest BCUT2D eigenvalue weighted by Gasteiger charge is -2.24. The number of aromatic amines is 1. The van der Waals surface area contributed by atoms with E-state index in [4.69, 9.17) is 11.6 Å². The fraction of sp³-hybridized carbons (Fsp3) is 0.462. The van der Waals surface area contributed by atoms with Crippen molar-refractivity contribution in [2.75, 3.05) is 37.3 Å². The van der Waals surface area contributed by atoms with Crippen LogP contribution < -0.4 is 4.90 Å².